The van der Waals surface area contributed by atoms with Gasteiger partial charge in [-0.1, -0.05) is 6.92 Å². The van der Waals surface area contributed by atoms with Gasteiger partial charge in [-0.15, -0.1) is 0 Å². The Morgan fingerprint density at radius 2 is 1.72 bits per heavy atom. The average molecular weight is 519 g/mol. The highest BCUT2D eigenvalue weighted by Crippen LogP contribution is 2.40. The molecule has 0 saturated carbocycles. The molecule has 0 aliphatic carbocycles. The predicted molar refractivity (Wildman–Crippen MR) is 120 cm³/mol. The van der Waals surface area contributed by atoms with Crippen molar-refractivity contribution in [2.45, 2.75) is 70.7 Å². The Morgan fingerprint density at radius 1 is 1.11 bits per heavy atom. The second-order valence-corrected chi connectivity index (χ2v) is 8.71. The van der Waals surface area contributed by atoms with Gasteiger partial charge in [-0.2, -0.15) is 26.3 Å². The van der Waals surface area contributed by atoms with Crippen molar-refractivity contribution in [2.24, 2.45) is 0 Å². The number of alkyl halides is 6. The minimum atomic E-state index is -4.94. The summed E-state index contributed by atoms with van der Waals surface area (Å²) in [5, 5.41) is 3.04. The van der Waals surface area contributed by atoms with Crippen molar-refractivity contribution >= 4 is 11.8 Å². The number of halogens is 6. The molecule has 0 unspecified atom stereocenters. The summed E-state index contributed by atoms with van der Waals surface area (Å²) in [7, 11) is 1.40. The number of pyridine rings is 1. The van der Waals surface area contributed by atoms with E-state index in [4.69, 9.17) is 9.47 Å². The van der Waals surface area contributed by atoms with Crippen LogP contribution in [0, 0.1) is 0 Å². The van der Waals surface area contributed by atoms with Gasteiger partial charge in [0.05, 0.1) is 41.8 Å². The fourth-order valence-electron chi connectivity index (χ4n) is 4.11. The lowest BCUT2D eigenvalue weighted by Crippen LogP contribution is -2.47. The Bertz CT molecular complexity index is 1060. The van der Waals surface area contributed by atoms with Crippen molar-refractivity contribution in [3.63, 3.8) is 0 Å². The molecule has 6 nitrogen and oxygen atoms in total. The first kappa shape index (κ1) is 27.6. The summed E-state index contributed by atoms with van der Waals surface area (Å²) < 4.78 is 90.1. The van der Waals surface area contributed by atoms with Crippen LogP contribution in [0.25, 0.3) is 0 Å². The number of fused-ring (bicyclic) bond motifs is 1. The monoisotopic (exact) mass is 519 g/mol. The van der Waals surface area contributed by atoms with Crippen molar-refractivity contribution < 1.29 is 40.6 Å². The molecule has 0 spiro atoms. The molecule has 1 aromatic heterocycles. The molecule has 2 atom stereocenters. The fraction of sp³-hybridized carbons (Fsp3) is 0.500. The van der Waals surface area contributed by atoms with Crippen LogP contribution >= 0.6 is 0 Å². The molecule has 36 heavy (non-hydrogen) atoms. The van der Waals surface area contributed by atoms with Crippen molar-refractivity contribution in [2.75, 3.05) is 12.0 Å². The van der Waals surface area contributed by atoms with E-state index in [1.165, 1.54) is 12.0 Å². The molecule has 1 amide bonds. The third-order valence-electron chi connectivity index (χ3n) is 5.75. The van der Waals surface area contributed by atoms with E-state index in [0.29, 0.717) is 36.4 Å². The van der Waals surface area contributed by atoms with Gasteiger partial charge in [0.1, 0.15) is 0 Å². The number of hydrogen-bond donors (Lipinski definition) is 1. The number of carbonyl (C=O) groups excluding carboxylic acids is 1. The smallest absolute Gasteiger partial charge is 0.416 e. The number of aromatic nitrogens is 1. The molecule has 2 aromatic rings. The van der Waals surface area contributed by atoms with Gasteiger partial charge in [0, 0.05) is 18.7 Å². The van der Waals surface area contributed by atoms with Gasteiger partial charge >= 0.3 is 18.4 Å². The summed E-state index contributed by atoms with van der Waals surface area (Å²) in [4.78, 5) is 18.8. The van der Waals surface area contributed by atoms with E-state index >= 15 is 0 Å². The largest absolute Gasteiger partial charge is 0.481 e. The van der Waals surface area contributed by atoms with Gasteiger partial charge in [-0.05, 0) is 56.5 Å². The lowest BCUT2D eigenvalue weighted by atomic mass is 9.93. The highest BCUT2D eigenvalue weighted by atomic mass is 19.4. The van der Waals surface area contributed by atoms with Crippen LogP contribution < -0.4 is 15.0 Å². The average Bonchev–Trinajstić information content (AvgIpc) is 2.79. The summed E-state index contributed by atoms with van der Waals surface area (Å²) in [6.45, 7) is 5.00. The van der Waals surface area contributed by atoms with Crippen LogP contribution in [0.4, 0.5) is 36.8 Å². The Kier molecular flexibility index (Phi) is 8.07. The zero-order chi connectivity index (χ0) is 26.8. The maximum atomic E-state index is 13.3. The van der Waals surface area contributed by atoms with Crippen LogP contribution in [-0.2, 0) is 23.6 Å². The summed E-state index contributed by atoms with van der Waals surface area (Å²) in [5.41, 5.74) is -2.14. The number of amides is 1. The first-order valence-corrected chi connectivity index (χ1v) is 11.3. The molecule has 1 aliphatic rings. The third-order valence-corrected chi connectivity index (χ3v) is 5.75. The van der Waals surface area contributed by atoms with Crippen LogP contribution in [0.5, 0.6) is 5.88 Å². The Labute approximate surface area is 204 Å². The lowest BCUT2D eigenvalue weighted by molar-refractivity contribution is -0.143. The number of methoxy groups -OCH3 is 1. The molecule has 0 fully saturated rings. The maximum absolute atomic E-state index is 13.3. The molecule has 1 aliphatic heterocycles. The zero-order valence-corrected chi connectivity index (χ0v) is 20.1. The second kappa shape index (κ2) is 10.5. The van der Waals surface area contributed by atoms with Crippen molar-refractivity contribution in [1.82, 2.24) is 10.3 Å². The van der Waals surface area contributed by atoms with Crippen LogP contribution in [0.3, 0.4) is 0 Å². The molecular weight excluding hydrogens is 492 g/mol. The fourth-order valence-corrected chi connectivity index (χ4v) is 4.11. The van der Waals surface area contributed by atoms with Gasteiger partial charge in [0.2, 0.25) is 5.88 Å². The topological polar surface area (TPSA) is 63.7 Å². The highest BCUT2D eigenvalue weighted by molar-refractivity contribution is 5.90. The molecule has 1 aromatic carbocycles. The molecular formula is C24H27F6N3O3. The molecule has 12 heteroatoms. The van der Waals surface area contributed by atoms with E-state index in [1.807, 2.05) is 6.92 Å². The SMILES string of the molecule is CC[C@@H]1C[C@H](NCc2cc(C(F)(F)F)cc(C(F)(F)F)c2)c2nc(OC)ccc2N1C(=O)OC(C)C. The number of anilines is 1. The summed E-state index contributed by atoms with van der Waals surface area (Å²) in [6, 6.07) is 3.74. The van der Waals surface area contributed by atoms with Gasteiger partial charge in [0.25, 0.3) is 0 Å². The van der Waals surface area contributed by atoms with Crippen LogP contribution in [0.2, 0.25) is 0 Å². The van der Waals surface area contributed by atoms with E-state index in [0.717, 1.165) is 0 Å². The number of benzene rings is 1. The molecule has 198 valence electrons. The highest BCUT2D eigenvalue weighted by Gasteiger charge is 2.39. The molecule has 0 radical (unpaired) electrons. The second-order valence-electron chi connectivity index (χ2n) is 8.71. The summed E-state index contributed by atoms with van der Waals surface area (Å²) >= 11 is 0. The quantitative estimate of drug-likeness (QED) is 0.442. The van der Waals surface area contributed by atoms with Gasteiger partial charge < -0.3 is 14.8 Å². The number of rotatable bonds is 6. The molecule has 0 bridgehead atoms. The number of nitrogens with zero attached hydrogens (tertiary/aromatic N) is 2. The van der Waals surface area contributed by atoms with Crippen molar-refractivity contribution in [1.29, 1.82) is 0 Å². The zero-order valence-electron chi connectivity index (χ0n) is 20.1. The number of nitrogens with one attached hydrogen (secondary N) is 1. The van der Waals surface area contributed by atoms with Crippen LogP contribution in [0.15, 0.2) is 30.3 Å². The standard InChI is InChI=1S/C24H27F6N3O3/c1-5-17-11-18(21-19(6-7-20(32-21)35-4)33(17)22(34)36-13(2)3)31-12-14-8-15(23(25,26)27)10-16(9-14)24(28,29)30/h6-10,13,17-18,31H,5,11-12H2,1-4H3/t17-,18+/m1/s1. The molecule has 3 rings (SSSR count). The predicted octanol–water partition coefficient (Wildman–Crippen LogP) is 6.49. The van der Waals surface area contributed by atoms with Crippen LogP contribution in [0.1, 0.15) is 62.0 Å². The van der Waals surface area contributed by atoms with Gasteiger partial charge in [-0.25, -0.2) is 9.78 Å². The van der Waals surface area contributed by atoms with E-state index in [-0.39, 0.29) is 36.2 Å². The first-order valence-electron chi connectivity index (χ1n) is 11.3. The minimum Gasteiger partial charge on any atom is -0.481 e. The van der Waals surface area contributed by atoms with E-state index in [2.05, 4.69) is 10.3 Å². The number of carbonyl (C=O) groups is 1. The molecule has 2 heterocycles. The van der Waals surface area contributed by atoms with E-state index < -0.39 is 35.6 Å². The summed E-state index contributed by atoms with van der Waals surface area (Å²) in [5.74, 6) is 0.242. The Balaban J connectivity index is 1.97. The van der Waals surface area contributed by atoms with Crippen molar-refractivity contribution in [3.8, 4) is 5.88 Å². The van der Waals surface area contributed by atoms with Crippen molar-refractivity contribution in [3.05, 3.63) is 52.7 Å². The normalized spacial score (nSPS) is 18.2. The molecule has 1 N–H and O–H groups in total. The first-order chi connectivity index (χ1) is 16.7. The summed E-state index contributed by atoms with van der Waals surface area (Å²) in [6.07, 6.45) is -9.99. The maximum Gasteiger partial charge on any atom is 0.416 e. The van der Waals surface area contributed by atoms with E-state index in [1.54, 1.807) is 26.0 Å². The Hall–Kier alpha value is -3.02. The number of hydrogen-bond acceptors (Lipinski definition) is 5. The third kappa shape index (κ3) is 6.21. The van der Waals surface area contributed by atoms with E-state index in [9.17, 15) is 31.1 Å². The lowest BCUT2D eigenvalue weighted by Gasteiger charge is -2.39. The Morgan fingerprint density at radius 3 is 2.22 bits per heavy atom. The van der Waals surface area contributed by atoms with Gasteiger partial charge in [-0.3, -0.25) is 4.90 Å². The number of ether oxygens (including phenoxy) is 2. The van der Waals surface area contributed by atoms with Gasteiger partial charge in [0.15, 0.2) is 0 Å². The minimum absolute atomic E-state index is 0.0944. The molecule has 0 saturated heterocycles. The van der Waals surface area contributed by atoms with Crippen LogP contribution in [-0.4, -0.2) is 30.3 Å².